The predicted molar refractivity (Wildman–Crippen MR) is 67.8 cm³/mol. The van der Waals surface area contributed by atoms with Gasteiger partial charge in [-0.05, 0) is 61.8 Å². The first-order valence-electron chi connectivity index (χ1n) is 7.85. The molecule has 4 unspecified atom stereocenters. The lowest BCUT2D eigenvalue weighted by molar-refractivity contribution is -0.132. The Balaban J connectivity index is 1.31. The van der Waals surface area contributed by atoms with Crippen LogP contribution in [0.1, 0.15) is 25.7 Å². The first kappa shape index (κ1) is 10.2. The Hall–Kier alpha value is -0.570. The van der Waals surface area contributed by atoms with E-state index in [1.807, 2.05) is 0 Å². The van der Waals surface area contributed by atoms with Crippen molar-refractivity contribution in [1.82, 2.24) is 10.2 Å². The predicted octanol–water partition coefficient (Wildman–Crippen LogP) is 1.10. The molecule has 1 N–H and O–H groups in total. The van der Waals surface area contributed by atoms with E-state index in [1.165, 1.54) is 25.7 Å². The van der Waals surface area contributed by atoms with Gasteiger partial charge in [0.05, 0.1) is 0 Å². The van der Waals surface area contributed by atoms with Gasteiger partial charge in [-0.2, -0.15) is 0 Å². The van der Waals surface area contributed by atoms with Crippen molar-refractivity contribution in [1.29, 1.82) is 0 Å². The van der Waals surface area contributed by atoms with E-state index in [0.29, 0.717) is 17.9 Å². The molecule has 0 aromatic carbocycles. The molecular weight excluding hydrogens is 224 g/mol. The second kappa shape index (κ2) is 3.30. The summed E-state index contributed by atoms with van der Waals surface area (Å²) in [6.45, 7) is 3.20. The van der Waals surface area contributed by atoms with Gasteiger partial charge < -0.3 is 10.2 Å². The highest BCUT2D eigenvalue weighted by Crippen LogP contribution is 2.69. The average Bonchev–Trinajstić information content (AvgIpc) is 2.84. The number of carbonyl (C=O) groups is 1. The van der Waals surface area contributed by atoms with Crippen LogP contribution in [-0.4, -0.2) is 36.5 Å². The van der Waals surface area contributed by atoms with Gasteiger partial charge in [0.25, 0.3) is 0 Å². The van der Waals surface area contributed by atoms with Gasteiger partial charge in [0.15, 0.2) is 0 Å². The van der Waals surface area contributed by atoms with Crippen molar-refractivity contribution in [2.24, 2.45) is 35.5 Å². The van der Waals surface area contributed by atoms with E-state index in [1.54, 1.807) is 0 Å². The second-order valence-corrected chi connectivity index (χ2v) is 7.37. The van der Waals surface area contributed by atoms with Gasteiger partial charge in [-0.1, -0.05) is 0 Å². The Morgan fingerprint density at radius 2 is 1.78 bits per heavy atom. The molecule has 2 aliphatic heterocycles. The highest BCUT2D eigenvalue weighted by Gasteiger charge is 2.68. The fraction of sp³-hybridized carbons (Fsp3) is 0.933. The minimum Gasteiger partial charge on any atom is -0.341 e. The summed E-state index contributed by atoms with van der Waals surface area (Å²) in [5, 5.41) is 3.55. The number of rotatable bonds is 1. The fourth-order valence-electron chi connectivity index (χ4n) is 5.90. The van der Waals surface area contributed by atoms with Crippen molar-refractivity contribution in [2.75, 3.05) is 19.6 Å². The first-order valence-corrected chi connectivity index (χ1v) is 7.85. The van der Waals surface area contributed by atoms with Crippen molar-refractivity contribution in [2.45, 2.75) is 31.7 Å². The molecule has 3 aliphatic carbocycles. The minimum atomic E-state index is 0.454. The van der Waals surface area contributed by atoms with E-state index >= 15 is 0 Å². The number of amides is 1. The maximum absolute atomic E-state index is 12.7. The van der Waals surface area contributed by atoms with Crippen molar-refractivity contribution in [3.8, 4) is 0 Å². The third kappa shape index (κ3) is 1.17. The molecule has 0 aromatic heterocycles. The molecule has 2 heterocycles. The lowest BCUT2D eigenvalue weighted by Crippen LogP contribution is -2.35. The molecule has 3 heteroatoms. The van der Waals surface area contributed by atoms with E-state index in [4.69, 9.17) is 0 Å². The van der Waals surface area contributed by atoms with E-state index in [2.05, 4.69) is 10.2 Å². The van der Waals surface area contributed by atoms with Crippen LogP contribution in [0.4, 0.5) is 0 Å². The number of nitrogens with one attached hydrogen (secondary N) is 1. The van der Waals surface area contributed by atoms with Gasteiger partial charge >= 0.3 is 0 Å². The third-order valence-corrected chi connectivity index (χ3v) is 6.69. The zero-order valence-electron chi connectivity index (χ0n) is 10.8. The lowest BCUT2D eigenvalue weighted by Gasteiger charge is -2.19. The normalized spacial score (nSPS) is 55.8. The summed E-state index contributed by atoms with van der Waals surface area (Å²) in [5.41, 5.74) is 0. The molecule has 1 amide bonds. The van der Waals surface area contributed by atoms with Crippen LogP contribution in [0.3, 0.4) is 0 Å². The molecule has 5 fully saturated rings. The highest BCUT2D eigenvalue weighted by atomic mass is 16.2. The molecule has 3 nitrogen and oxygen atoms in total. The zero-order valence-corrected chi connectivity index (χ0v) is 10.8. The summed E-state index contributed by atoms with van der Waals surface area (Å²) in [5.74, 6) is 5.20. The van der Waals surface area contributed by atoms with Crippen molar-refractivity contribution >= 4 is 5.91 Å². The topological polar surface area (TPSA) is 32.3 Å². The van der Waals surface area contributed by atoms with Gasteiger partial charge in [0.1, 0.15) is 0 Å². The second-order valence-electron chi connectivity index (χ2n) is 7.37. The summed E-state index contributed by atoms with van der Waals surface area (Å²) in [7, 11) is 0. The van der Waals surface area contributed by atoms with Gasteiger partial charge in [0.2, 0.25) is 5.91 Å². The Morgan fingerprint density at radius 1 is 1.00 bits per heavy atom. The number of hydrogen-bond acceptors (Lipinski definition) is 2. The maximum atomic E-state index is 12.7. The molecule has 2 saturated heterocycles. The standard InChI is InChI=1S/C15H22N2O/c18-15(17-6-10-3-4-16-11(10)7-17)14-12-8-1-2-9(5-8)13(12)14/h8-14,16H,1-7H2/t8?,9?,10-,11+,12?,13?,14?/m0/s1. The van der Waals surface area contributed by atoms with Crippen LogP contribution in [0, 0.1) is 35.5 Å². The molecule has 0 aromatic rings. The smallest absolute Gasteiger partial charge is 0.226 e. The molecule has 5 rings (SSSR count). The van der Waals surface area contributed by atoms with Crippen LogP contribution in [0.25, 0.3) is 0 Å². The lowest BCUT2D eigenvalue weighted by atomic mass is 10.0. The molecule has 3 saturated carbocycles. The van der Waals surface area contributed by atoms with Crippen LogP contribution in [0.2, 0.25) is 0 Å². The SMILES string of the molecule is O=C(C1C2C3CCC(C3)C12)N1C[C@@H]2CCN[C@@H]2C1. The zero-order chi connectivity index (χ0) is 11.9. The quantitative estimate of drug-likeness (QED) is 0.751. The van der Waals surface area contributed by atoms with Crippen molar-refractivity contribution in [3.05, 3.63) is 0 Å². The van der Waals surface area contributed by atoms with Crippen LogP contribution < -0.4 is 5.32 Å². The number of likely N-dealkylation sites (tertiary alicyclic amines) is 1. The minimum absolute atomic E-state index is 0.454. The Kier molecular flexibility index (Phi) is 1.88. The summed E-state index contributed by atoms with van der Waals surface area (Å²) in [4.78, 5) is 14.9. The monoisotopic (exact) mass is 246 g/mol. The maximum Gasteiger partial charge on any atom is 0.226 e. The number of nitrogens with zero attached hydrogens (tertiary/aromatic N) is 1. The summed E-state index contributed by atoms with van der Waals surface area (Å²) >= 11 is 0. The van der Waals surface area contributed by atoms with Gasteiger partial charge in [-0.15, -0.1) is 0 Å². The Labute approximate surface area is 108 Å². The largest absolute Gasteiger partial charge is 0.341 e. The number of fused-ring (bicyclic) bond motifs is 6. The van der Waals surface area contributed by atoms with Gasteiger partial charge in [-0.25, -0.2) is 0 Å². The highest BCUT2D eigenvalue weighted by molar-refractivity contribution is 5.83. The molecule has 0 radical (unpaired) electrons. The summed E-state index contributed by atoms with van der Waals surface area (Å²) in [6, 6.07) is 0.615. The molecule has 5 aliphatic rings. The molecule has 0 spiro atoms. The van der Waals surface area contributed by atoms with E-state index in [9.17, 15) is 4.79 Å². The molecule has 98 valence electrons. The Bertz CT molecular complexity index is 381. The third-order valence-electron chi connectivity index (χ3n) is 6.69. The van der Waals surface area contributed by atoms with Gasteiger partial charge in [-0.3, -0.25) is 4.79 Å². The van der Waals surface area contributed by atoms with Crippen LogP contribution >= 0.6 is 0 Å². The first-order chi connectivity index (χ1) is 8.83. The van der Waals surface area contributed by atoms with E-state index < -0.39 is 0 Å². The molecular formula is C15H22N2O. The fourth-order valence-corrected chi connectivity index (χ4v) is 5.90. The Morgan fingerprint density at radius 3 is 2.50 bits per heavy atom. The molecule has 6 atom stereocenters. The van der Waals surface area contributed by atoms with Crippen LogP contribution in [0.15, 0.2) is 0 Å². The molecule has 2 bridgehead atoms. The van der Waals surface area contributed by atoms with Gasteiger partial charge in [0, 0.05) is 25.0 Å². The van der Waals surface area contributed by atoms with Crippen LogP contribution in [-0.2, 0) is 4.79 Å². The van der Waals surface area contributed by atoms with Crippen LogP contribution in [0.5, 0.6) is 0 Å². The number of hydrogen-bond donors (Lipinski definition) is 1. The molecule has 18 heavy (non-hydrogen) atoms. The number of carbonyl (C=O) groups excluding carboxylic acids is 1. The summed E-state index contributed by atoms with van der Waals surface area (Å²) < 4.78 is 0. The summed E-state index contributed by atoms with van der Waals surface area (Å²) in [6.07, 6.45) is 5.56. The van der Waals surface area contributed by atoms with Crippen molar-refractivity contribution in [3.63, 3.8) is 0 Å². The van der Waals surface area contributed by atoms with E-state index in [-0.39, 0.29) is 0 Å². The van der Waals surface area contributed by atoms with Crippen molar-refractivity contribution < 1.29 is 4.79 Å². The van der Waals surface area contributed by atoms with E-state index in [0.717, 1.165) is 49.2 Å². The average molecular weight is 246 g/mol.